The molecule has 0 saturated heterocycles. The number of benzene rings is 2. The quantitative estimate of drug-likeness (QED) is 0.703. The largest absolute Gasteiger partial charge is 0.366 e. The van der Waals surface area contributed by atoms with Crippen molar-refractivity contribution >= 4 is 28.2 Å². The number of amides is 2. The summed E-state index contributed by atoms with van der Waals surface area (Å²) in [6.07, 6.45) is 0.996. The summed E-state index contributed by atoms with van der Waals surface area (Å²) in [5.41, 5.74) is 7.89. The number of anilines is 1. The van der Waals surface area contributed by atoms with Crippen molar-refractivity contribution in [3.63, 3.8) is 0 Å². The van der Waals surface area contributed by atoms with Crippen LogP contribution in [0.5, 0.6) is 0 Å². The zero-order chi connectivity index (χ0) is 17.6. The first kappa shape index (κ1) is 16.9. The van der Waals surface area contributed by atoms with Crippen molar-refractivity contribution in [3.8, 4) is 10.4 Å². The fourth-order valence-corrected chi connectivity index (χ4v) is 3.59. The number of thiophene rings is 1. The SMILES string of the molecule is NC(=O)c1cc(-c2ccccc2)sc1NC(=O)CCc1ccccc1. The summed E-state index contributed by atoms with van der Waals surface area (Å²) in [5.74, 6) is -0.676. The van der Waals surface area contributed by atoms with E-state index in [0.717, 1.165) is 16.0 Å². The number of rotatable bonds is 6. The van der Waals surface area contributed by atoms with Gasteiger partial charge < -0.3 is 11.1 Å². The minimum absolute atomic E-state index is 0.132. The van der Waals surface area contributed by atoms with Crippen LogP contribution < -0.4 is 11.1 Å². The first-order valence-corrected chi connectivity index (χ1v) is 8.78. The van der Waals surface area contributed by atoms with E-state index in [2.05, 4.69) is 5.32 Å². The number of nitrogens with one attached hydrogen (secondary N) is 1. The molecule has 5 heteroatoms. The topological polar surface area (TPSA) is 72.2 Å². The standard InChI is InChI=1S/C20H18N2O2S/c21-19(24)16-13-17(15-9-5-2-6-10-15)25-20(16)22-18(23)12-11-14-7-3-1-4-8-14/h1-10,13H,11-12H2,(H2,21,24)(H,22,23). The number of carbonyl (C=O) groups excluding carboxylic acids is 2. The number of primary amides is 1. The Bertz CT molecular complexity index is 873. The van der Waals surface area contributed by atoms with Gasteiger partial charge in [0, 0.05) is 11.3 Å². The maximum atomic E-state index is 12.2. The lowest BCUT2D eigenvalue weighted by molar-refractivity contribution is -0.116. The Hall–Kier alpha value is -2.92. The van der Waals surface area contributed by atoms with Crippen LogP contribution in [0.3, 0.4) is 0 Å². The Labute approximate surface area is 150 Å². The molecule has 0 aliphatic rings. The Morgan fingerprint density at radius 3 is 2.24 bits per heavy atom. The molecule has 2 amide bonds. The number of hydrogen-bond acceptors (Lipinski definition) is 3. The number of nitrogens with two attached hydrogens (primary N) is 1. The van der Waals surface area contributed by atoms with Gasteiger partial charge in [-0.3, -0.25) is 9.59 Å². The summed E-state index contributed by atoms with van der Waals surface area (Å²) < 4.78 is 0. The molecule has 0 bridgehead atoms. The van der Waals surface area contributed by atoms with Gasteiger partial charge in [0.05, 0.1) is 5.56 Å². The van der Waals surface area contributed by atoms with Gasteiger partial charge in [-0.25, -0.2) is 0 Å². The van der Waals surface area contributed by atoms with E-state index in [-0.39, 0.29) is 5.91 Å². The van der Waals surface area contributed by atoms with Crippen molar-refractivity contribution in [2.75, 3.05) is 5.32 Å². The van der Waals surface area contributed by atoms with Gasteiger partial charge in [0.15, 0.2) is 0 Å². The van der Waals surface area contributed by atoms with Gasteiger partial charge in [0.2, 0.25) is 5.91 Å². The molecule has 25 heavy (non-hydrogen) atoms. The molecule has 0 saturated carbocycles. The predicted octanol–water partition coefficient (Wildman–Crippen LogP) is 4.09. The predicted molar refractivity (Wildman–Crippen MR) is 102 cm³/mol. The molecule has 1 aromatic heterocycles. The van der Waals surface area contributed by atoms with Gasteiger partial charge in [-0.1, -0.05) is 60.7 Å². The van der Waals surface area contributed by atoms with Crippen LogP contribution in [0.25, 0.3) is 10.4 Å². The van der Waals surface area contributed by atoms with Crippen molar-refractivity contribution in [2.45, 2.75) is 12.8 Å². The Morgan fingerprint density at radius 1 is 0.960 bits per heavy atom. The van der Waals surface area contributed by atoms with Crippen LogP contribution in [-0.4, -0.2) is 11.8 Å². The molecule has 3 rings (SSSR count). The van der Waals surface area contributed by atoms with E-state index in [1.54, 1.807) is 6.07 Å². The molecule has 0 fully saturated rings. The number of aryl methyl sites for hydroxylation is 1. The normalized spacial score (nSPS) is 10.4. The highest BCUT2D eigenvalue weighted by molar-refractivity contribution is 7.20. The van der Waals surface area contributed by atoms with Gasteiger partial charge in [-0.2, -0.15) is 0 Å². The van der Waals surface area contributed by atoms with E-state index in [4.69, 9.17) is 5.73 Å². The zero-order valence-corrected chi connectivity index (χ0v) is 14.4. The third-order valence-corrected chi connectivity index (χ3v) is 4.89. The fraction of sp³-hybridized carbons (Fsp3) is 0.100. The van der Waals surface area contributed by atoms with E-state index in [1.165, 1.54) is 11.3 Å². The molecule has 3 N–H and O–H groups in total. The van der Waals surface area contributed by atoms with Crippen LogP contribution in [0.2, 0.25) is 0 Å². The summed E-state index contributed by atoms with van der Waals surface area (Å²) in [4.78, 5) is 24.9. The number of carbonyl (C=O) groups is 2. The third-order valence-electron chi connectivity index (χ3n) is 3.79. The van der Waals surface area contributed by atoms with Crippen molar-refractivity contribution in [1.82, 2.24) is 0 Å². The molecule has 3 aromatic rings. The third kappa shape index (κ3) is 4.33. The average molecular weight is 350 g/mol. The Balaban J connectivity index is 1.73. The molecule has 126 valence electrons. The first-order valence-electron chi connectivity index (χ1n) is 7.96. The smallest absolute Gasteiger partial charge is 0.251 e. The minimum Gasteiger partial charge on any atom is -0.366 e. The van der Waals surface area contributed by atoms with E-state index < -0.39 is 5.91 Å². The molecule has 0 radical (unpaired) electrons. The summed E-state index contributed by atoms with van der Waals surface area (Å²) in [6.45, 7) is 0. The molecule has 0 aliphatic carbocycles. The van der Waals surface area contributed by atoms with Crippen LogP contribution in [0.4, 0.5) is 5.00 Å². The first-order chi connectivity index (χ1) is 12.1. The van der Waals surface area contributed by atoms with E-state index in [1.807, 2.05) is 60.7 Å². The second-order valence-electron chi connectivity index (χ2n) is 5.62. The summed E-state index contributed by atoms with van der Waals surface area (Å²) in [7, 11) is 0. The molecule has 4 nitrogen and oxygen atoms in total. The van der Waals surface area contributed by atoms with Crippen LogP contribution in [0.15, 0.2) is 66.7 Å². The van der Waals surface area contributed by atoms with Crippen LogP contribution >= 0.6 is 11.3 Å². The molecule has 0 unspecified atom stereocenters. The van der Waals surface area contributed by atoms with Crippen molar-refractivity contribution in [2.24, 2.45) is 5.73 Å². The van der Waals surface area contributed by atoms with Crippen molar-refractivity contribution in [3.05, 3.63) is 77.9 Å². The van der Waals surface area contributed by atoms with Crippen molar-refractivity contribution in [1.29, 1.82) is 0 Å². The lowest BCUT2D eigenvalue weighted by atomic mass is 10.1. The second-order valence-corrected chi connectivity index (χ2v) is 6.67. The van der Waals surface area contributed by atoms with Gasteiger partial charge in [-0.15, -0.1) is 11.3 Å². The Morgan fingerprint density at radius 2 is 1.60 bits per heavy atom. The average Bonchev–Trinajstić information content (AvgIpc) is 3.06. The molecule has 0 spiro atoms. The zero-order valence-electron chi connectivity index (χ0n) is 13.6. The molecule has 0 aliphatic heterocycles. The van der Waals surface area contributed by atoms with Gasteiger partial charge >= 0.3 is 0 Å². The molecule has 2 aromatic carbocycles. The molecular weight excluding hydrogens is 332 g/mol. The maximum absolute atomic E-state index is 12.2. The highest BCUT2D eigenvalue weighted by Gasteiger charge is 2.16. The van der Waals surface area contributed by atoms with Gasteiger partial charge in [-0.05, 0) is 23.6 Å². The van der Waals surface area contributed by atoms with Gasteiger partial charge in [0.1, 0.15) is 5.00 Å². The van der Waals surface area contributed by atoms with E-state index in [0.29, 0.717) is 23.4 Å². The monoisotopic (exact) mass is 350 g/mol. The van der Waals surface area contributed by atoms with Gasteiger partial charge in [0.25, 0.3) is 5.91 Å². The summed E-state index contributed by atoms with van der Waals surface area (Å²) in [6, 6.07) is 21.2. The Kier molecular flexibility index (Phi) is 5.26. The highest BCUT2D eigenvalue weighted by atomic mass is 32.1. The molecule has 1 heterocycles. The minimum atomic E-state index is -0.545. The summed E-state index contributed by atoms with van der Waals surface area (Å²) >= 11 is 1.36. The molecular formula is C20H18N2O2S. The summed E-state index contributed by atoms with van der Waals surface area (Å²) in [5, 5.41) is 3.34. The second kappa shape index (κ2) is 7.77. The van der Waals surface area contributed by atoms with Crippen LogP contribution in [0.1, 0.15) is 22.3 Å². The van der Waals surface area contributed by atoms with Crippen LogP contribution in [-0.2, 0) is 11.2 Å². The highest BCUT2D eigenvalue weighted by Crippen LogP contribution is 2.35. The fourth-order valence-electron chi connectivity index (χ4n) is 2.50. The van der Waals surface area contributed by atoms with E-state index >= 15 is 0 Å². The van der Waals surface area contributed by atoms with E-state index in [9.17, 15) is 9.59 Å². The maximum Gasteiger partial charge on any atom is 0.251 e. The lowest BCUT2D eigenvalue weighted by Gasteiger charge is -2.04. The number of hydrogen-bond donors (Lipinski definition) is 2. The van der Waals surface area contributed by atoms with Crippen molar-refractivity contribution < 1.29 is 9.59 Å². The van der Waals surface area contributed by atoms with Crippen LogP contribution in [0, 0.1) is 0 Å². The lowest BCUT2D eigenvalue weighted by Crippen LogP contribution is -2.16. The molecule has 0 atom stereocenters.